The number of para-hydroxylation sites is 1. The fraction of sp³-hybridized carbons (Fsp3) is 0.459. The number of aromatic nitrogens is 2. The van der Waals surface area contributed by atoms with E-state index in [4.69, 9.17) is 23.9 Å². The van der Waals surface area contributed by atoms with E-state index in [0.717, 1.165) is 72.7 Å². The Balaban J connectivity index is 0.00000100. The van der Waals surface area contributed by atoms with Crippen LogP contribution in [0.4, 0.5) is 4.39 Å². The van der Waals surface area contributed by atoms with Crippen LogP contribution in [-0.2, 0) is 22.6 Å². The molecule has 246 valence electrons. The zero-order chi connectivity index (χ0) is 32.8. The number of fused-ring (bicyclic) bond motifs is 2. The number of methoxy groups -OCH3 is 1. The van der Waals surface area contributed by atoms with Gasteiger partial charge in [-0.15, -0.1) is 0 Å². The van der Waals surface area contributed by atoms with E-state index in [1.54, 1.807) is 12.1 Å². The number of carbonyl (C=O) groups is 1. The molecule has 3 aromatic carbocycles. The van der Waals surface area contributed by atoms with Crippen LogP contribution in [0.2, 0.25) is 0 Å². The summed E-state index contributed by atoms with van der Waals surface area (Å²) in [6.45, 7) is 13.9. The van der Waals surface area contributed by atoms with E-state index in [2.05, 4.69) is 15.5 Å². The van der Waals surface area contributed by atoms with Crippen molar-refractivity contribution in [3.8, 4) is 11.5 Å². The molecule has 0 spiro atoms. The van der Waals surface area contributed by atoms with Gasteiger partial charge in [-0.2, -0.15) is 0 Å². The van der Waals surface area contributed by atoms with E-state index in [0.29, 0.717) is 35.9 Å². The van der Waals surface area contributed by atoms with Crippen molar-refractivity contribution in [3.63, 3.8) is 0 Å². The number of carbonyl (C=O) groups excluding carboxylic acids is 1. The Hall–Kier alpha value is -3.95. The highest BCUT2D eigenvalue weighted by atomic mass is 19.1. The fourth-order valence-electron chi connectivity index (χ4n) is 6.25. The lowest BCUT2D eigenvalue weighted by Crippen LogP contribution is -2.35. The number of imidazole rings is 1. The number of esters is 1. The Kier molecular flexibility index (Phi) is 11.0. The summed E-state index contributed by atoms with van der Waals surface area (Å²) in [5.41, 5.74) is 4.69. The summed E-state index contributed by atoms with van der Waals surface area (Å²) < 4.78 is 39.8. The maximum Gasteiger partial charge on any atom is 0.337 e. The van der Waals surface area contributed by atoms with Crippen LogP contribution in [0.5, 0.6) is 11.5 Å². The van der Waals surface area contributed by atoms with Gasteiger partial charge in [0.15, 0.2) is 11.5 Å². The first-order chi connectivity index (χ1) is 22.5. The number of likely N-dealkylation sites (tertiary alicyclic amines) is 1. The molecule has 2 saturated heterocycles. The van der Waals surface area contributed by atoms with Crippen LogP contribution in [0.1, 0.15) is 92.0 Å². The van der Waals surface area contributed by atoms with Crippen LogP contribution in [0.3, 0.4) is 0 Å². The molecule has 9 heteroatoms. The summed E-state index contributed by atoms with van der Waals surface area (Å²) in [7, 11) is 1.39. The number of nitrogens with zero attached hydrogens (tertiary/aromatic N) is 3. The summed E-state index contributed by atoms with van der Waals surface area (Å²) in [6, 6.07) is 16.6. The van der Waals surface area contributed by atoms with E-state index in [-0.39, 0.29) is 17.9 Å². The highest BCUT2D eigenvalue weighted by molar-refractivity contribution is 5.93. The number of ether oxygens (including phenoxy) is 4. The molecule has 3 aliphatic heterocycles. The van der Waals surface area contributed by atoms with E-state index in [9.17, 15) is 9.18 Å². The highest BCUT2D eigenvalue weighted by Gasteiger charge is 2.33. The van der Waals surface area contributed by atoms with Gasteiger partial charge in [0.25, 0.3) is 6.29 Å². The van der Waals surface area contributed by atoms with Crippen molar-refractivity contribution in [2.45, 2.75) is 85.3 Å². The molecule has 2 unspecified atom stereocenters. The Labute approximate surface area is 271 Å². The molecule has 8 nitrogen and oxygen atoms in total. The minimum atomic E-state index is -0.783. The third kappa shape index (κ3) is 6.90. The lowest BCUT2D eigenvalue weighted by atomic mass is 9.88. The Morgan fingerprint density at radius 2 is 1.74 bits per heavy atom. The second-order valence-corrected chi connectivity index (χ2v) is 11.4. The number of halogens is 1. The van der Waals surface area contributed by atoms with Gasteiger partial charge in [-0.3, -0.25) is 4.90 Å². The molecule has 0 bridgehead atoms. The van der Waals surface area contributed by atoms with Gasteiger partial charge in [0.2, 0.25) is 0 Å². The molecule has 7 rings (SSSR count). The first-order valence-electron chi connectivity index (χ1n) is 16.6. The van der Waals surface area contributed by atoms with Gasteiger partial charge in [0.05, 0.1) is 48.5 Å². The number of aryl methyl sites for hydroxylation is 1. The van der Waals surface area contributed by atoms with Crippen LogP contribution in [0.25, 0.3) is 11.0 Å². The van der Waals surface area contributed by atoms with Gasteiger partial charge in [0.1, 0.15) is 11.6 Å². The monoisotopic (exact) mass is 631 g/mol. The van der Waals surface area contributed by atoms with E-state index >= 15 is 0 Å². The summed E-state index contributed by atoms with van der Waals surface area (Å²) in [5, 5.41) is 0. The zero-order valence-electron chi connectivity index (χ0n) is 27.8. The maximum absolute atomic E-state index is 14.7. The Bertz CT molecular complexity index is 1640. The van der Waals surface area contributed by atoms with E-state index in [1.807, 2.05) is 65.0 Å². The fourth-order valence-corrected chi connectivity index (χ4v) is 6.25. The number of hydrogen-bond acceptors (Lipinski definition) is 7. The molecule has 0 radical (unpaired) electrons. The number of hydrogen-bond donors (Lipinski definition) is 0. The molecular formula is C37H46FN3O5. The molecule has 46 heavy (non-hydrogen) atoms. The molecule has 1 aromatic heterocycles. The predicted octanol–water partition coefficient (Wildman–Crippen LogP) is 7.96. The molecule has 0 saturated carbocycles. The zero-order valence-corrected chi connectivity index (χ0v) is 27.8. The predicted molar refractivity (Wildman–Crippen MR) is 177 cm³/mol. The van der Waals surface area contributed by atoms with Crippen molar-refractivity contribution in [2.24, 2.45) is 0 Å². The maximum atomic E-state index is 14.7. The van der Waals surface area contributed by atoms with Crippen molar-refractivity contribution in [1.29, 1.82) is 0 Å². The molecular weight excluding hydrogens is 585 g/mol. The number of benzene rings is 3. The van der Waals surface area contributed by atoms with Gasteiger partial charge in [0, 0.05) is 12.2 Å². The van der Waals surface area contributed by atoms with Crippen LogP contribution < -0.4 is 9.47 Å². The van der Waals surface area contributed by atoms with Crippen molar-refractivity contribution in [3.05, 3.63) is 88.5 Å². The van der Waals surface area contributed by atoms with Gasteiger partial charge >= 0.3 is 5.97 Å². The third-order valence-corrected chi connectivity index (χ3v) is 8.70. The largest absolute Gasteiger partial charge is 0.465 e. The Morgan fingerprint density at radius 1 is 0.978 bits per heavy atom. The lowest BCUT2D eigenvalue weighted by Gasteiger charge is -2.33. The lowest BCUT2D eigenvalue weighted by molar-refractivity contribution is -0.0592. The summed E-state index contributed by atoms with van der Waals surface area (Å²) >= 11 is 0. The highest BCUT2D eigenvalue weighted by Crippen LogP contribution is 2.47. The van der Waals surface area contributed by atoms with Crippen molar-refractivity contribution < 1.29 is 28.1 Å². The molecule has 4 aromatic rings. The number of rotatable bonds is 7. The first kappa shape index (κ1) is 33.4. The van der Waals surface area contributed by atoms with Crippen LogP contribution in [-0.4, -0.2) is 53.3 Å². The summed E-state index contributed by atoms with van der Waals surface area (Å²) in [4.78, 5) is 19.6. The minimum Gasteiger partial charge on any atom is -0.465 e. The second kappa shape index (κ2) is 15.1. The Morgan fingerprint density at radius 3 is 2.41 bits per heavy atom. The van der Waals surface area contributed by atoms with Gasteiger partial charge in [-0.1, -0.05) is 45.9 Å². The first-order valence-corrected chi connectivity index (χ1v) is 16.6. The van der Waals surface area contributed by atoms with Crippen LogP contribution in [0, 0.1) is 12.7 Å². The summed E-state index contributed by atoms with van der Waals surface area (Å²) in [6.07, 6.45) is 2.32. The van der Waals surface area contributed by atoms with Gasteiger partial charge in [-0.25, -0.2) is 14.2 Å². The van der Waals surface area contributed by atoms with Crippen molar-refractivity contribution in [1.82, 2.24) is 14.5 Å². The van der Waals surface area contributed by atoms with Gasteiger partial charge in [-0.05, 0) is 87.2 Å². The summed E-state index contributed by atoms with van der Waals surface area (Å²) in [5.74, 6) is 2.00. The van der Waals surface area contributed by atoms with Gasteiger partial charge < -0.3 is 23.5 Å². The molecule has 0 amide bonds. The average Bonchev–Trinajstić information content (AvgIpc) is 3.65. The van der Waals surface area contributed by atoms with Crippen molar-refractivity contribution in [2.75, 3.05) is 26.8 Å². The van der Waals surface area contributed by atoms with E-state index < -0.39 is 6.29 Å². The average molecular weight is 632 g/mol. The topological polar surface area (TPSA) is 75.0 Å². The minimum absolute atomic E-state index is 0.160. The molecule has 4 heterocycles. The molecule has 0 N–H and O–H groups in total. The number of piperidine rings is 1. The second-order valence-electron chi connectivity index (χ2n) is 11.4. The smallest absolute Gasteiger partial charge is 0.337 e. The molecule has 2 atom stereocenters. The standard InChI is InChI=1S/C33H34FN3O5.2C2H6/c1-20-6-8-25(26(34)16-20)33-41-29-5-3-4-24(31(29)42-33)21-10-13-36(14-11-21)19-30-35-27-9-7-22(32(38)39-2)17-28(27)37(30)18-23-12-15-40-23;2*1-2/h3-9,16-17,21,23,33H,10-15,18-19H2,1-2H3;2*1-2H3. The van der Waals surface area contributed by atoms with E-state index in [1.165, 1.54) is 13.2 Å². The third-order valence-electron chi connectivity index (χ3n) is 8.70. The van der Waals surface area contributed by atoms with Crippen LogP contribution >= 0.6 is 0 Å². The van der Waals surface area contributed by atoms with Crippen molar-refractivity contribution >= 4 is 17.0 Å². The molecule has 3 aliphatic rings. The quantitative estimate of drug-likeness (QED) is 0.192. The molecule has 0 aliphatic carbocycles. The van der Waals surface area contributed by atoms with Crippen LogP contribution in [0.15, 0.2) is 54.6 Å². The SMILES string of the molecule is CC.CC.COC(=O)c1ccc2nc(CN3CCC(c4cccc5c4OC(c4ccc(C)cc4F)O5)CC3)n(CC3CCO3)c2c1. The molecule has 2 fully saturated rings. The normalized spacial score (nSPS) is 19.0.